The van der Waals surface area contributed by atoms with E-state index in [0.717, 1.165) is 59.0 Å². The molecule has 2 saturated heterocycles. The second kappa shape index (κ2) is 8.02. The third-order valence-corrected chi connectivity index (χ3v) is 5.86. The van der Waals surface area contributed by atoms with Gasteiger partial charge in [-0.3, -0.25) is 14.4 Å². The van der Waals surface area contributed by atoms with Crippen molar-refractivity contribution in [2.45, 2.75) is 32.2 Å². The highest BCUT2D eigenvalue weighted by molar-refractivity contribution is 5.91. The molecule has 3 aliphatic rings. The number of nitrogens with zero attached hydrogens (tertiary/aromatic N) is 4. The van der Waals surface area contributed by atoms with Crippen molar-refractivity contribution in [1.82, 2.24) is 30.5 Å². The number of amides is 1. The normalized spacial score (nSPS) is 25.8. The molecule has 0 radical (unpaired) electrons. The van der Waals surface area contributed by atoms with E-state index in [0.29, 0.717) is 11.6 Å². The van der Waals surface area contributed by atoms with Crippen LogP contribution in [0.4, 0.5) is 0 Å². The van der Waals surface area contributed by atoms with Crippen LogP contribution in [0.2, 0.25) is 0 Å². The molecule has 144 valence electrons. The summed E-state index contributed by atoms with van der Waals surface area (Å²) in [5.74, 6) is 0.468. The Hall–Kier alpha value is -1.51. The zero-order valence-electron chi connectivity index (χ0n) is 15.5. The Bertz CT molecular complexity index is 603. The molecule has 1 aromatic rings. The van der Waals surface area contributed by atoms with Gasteiger partial charge in [0.2, 0.25) is 0 Å². The van der Waals surface area contributed by atoms with E-state index >= 15 is 0 Å². The molecule has 3 heterocycles. The molecule has 4 rings (SSSR count). The largest absolute Gasteiger partial charge is 0.379 e. The highest BCUT2D eigenvalue weighted by Gasteiger charge is 2.44. The second-order valence-corrected chi connectivity index (χ2v) is 8.11. The van der Waals surface area contributed by atoms with Crippen LogP contribution < -0.4 is 10.6 Å². The van der Waals surface area contributed by atoms with E-state index in [-0.39, 0.29) is 11.3 Å². The first-order valence-electron chi connectivity index (χ1n) is 9.92. The van der Waals surface area contributed by atoms with Crippen molar-refractivity contribution >= 4 is 5.91 Å². The first-order valence-corrected chi connectivity index (χ1v) is 9.92. The molecule has 1 atom stereocenters. The number of carbonyl (C=O) groups is 1. The molecule has 8 nitrogen and oxygen atoms in total. The molecule has 2 N–H and O–H groups in total. The van der Waals surface area contributed by atoms with Gasteiger partial charge in [0.15, 0.2) is 5.69 Å². The monoisotopic (exact) mass is 362 g/mol. The molecule has 1 saturated carbocycles. The minimum absolute atomic E-state index is 0.105. The molecule has 0 bridgehead atoms. The van der Waals surface area contributed by atoms with Crippen LogP contribution in [0.3, 0.4) is 0 Å². The minimum atomic E-state index is -0.105. The van der Waals surface area contributed by atoms with Gasteiger partial charge in [-0.15, -0.1) is 5.10 Å². The lowest BCUT2D eigenvalue weighted by Gasteiger charge is -2.30. The lowest BCUT2D eigenvalue weighted by Crippen LogP contribution is -2.43. The summed E-state index contributed by atoms with van der Waals surface area (Å²) in [6.45, 7) is 8.37. The molecule has 2 aliphatic heterocycles. The molecule has 26 heavy (non-hydrogen) atoms. The van der Waals surface area contributed by atoms with Gasteiger partial charge in [0.25, 0.3) is 5.91 Å². The predicted octanol–water partition coefficient (Wildman–Crippen LogP) is 0.120. The Morgan fingerprint density at radius 3 is 2.96 bits per heavy atom. The first kappa shape index (κ1) is 17.9. The van der Waals surface area contributed by atoms with Crippen LogP contribution in [-0.4, -0.2) is 78.3 Å². The third-order valence-electron chi connectivity index (χ3n) is 5.86. The van der Waals surface area contributed by atoms with Gasteiger partial charge in [-0.1, -0.05) is 5.21 Å². The van der Waals surface area contributed by atoms with E-state index in [1.54, 1.807) is 6.20 Å². The number of ether oxygens (including phenoxy) is 1. The van der Waals surface area contributed by atoms with Crippen molar-refractivity contribution < 1.29 is 9.53 Å². The van der Waals surface area contributed by atoms with Crippen LogP contribution in [0.25, 0.3) is 0 Å². The average molecular weight is 362 g/mol. The summed E-state index contributed by atoms with van der Waals surface area (Å²) >= 11 is 0. The van der Waals surface area contributed by atoms with Crippen molar-refractivity contribution in [1.29, 1.82) is 0 Å². The number of hydrogen-bond donors (Lipinski definition) is 2. The van der Waals surface area contributed by atoms with Gasteiger partial charge >= 0.3 is 0 Å². The number of nitrogens with one attached hydrogen (secondary N) is 2. The maximum atomic E-state index is 12.4. The summed E-state index contributed by atoms with van der Waals surface area (Å²) in [5, 5.41) is 14.7. The smallest absolute Gasteiger partial charge is 0.273 e. The lowest BCUT2D eigenvalue weighted by molar-refractivity contribution is 0.0283. The number of aromatic nitrogens is 3. The Kier molecular flexibility index (Phi) is 5.52. The minimum Gasteiger partial charge on any atom is -0.379 e. The van der Waals surface area contributed by atoms with Crippen LogP contribution in [0.1, 0.15) is 36.2 Å². The highest BCUT2D eigenvalue weighted by atomic mass is 16.5. The Morgan fingerprint density at radius 1 is 1.38 bits per heavy atom. The zero-order valence-corrected chi connectivity index (χ0v) is 15.5. The number of carbonyl (C=O) groups excluding carboxylic acids is 1. The van der Waals surface area contributed by atoms with E-state index < -0.39 is 0 Å². The maximum absolute atomic E-state index is 12.4. The molecule has 3 fully saturated rings. The molecular weight excluding hydrogens is 332 g/mol. The van der Waals surface area contributed by atoms with E-state index in [9.17, 15) is 4.79 Å². The van der Waals surface area contributed by atoms with Crippen LogP contribution in [0.15, 0.2) is 6.20 Å². The zero-order chi connectivity index (χ0) is 17.8. The van der Waals surface area contributed by atoms with Gasteiger partial charge in [0, 0.05) is 38.1 Å². The van der Waals surface area contributed by atoms with Crippen LogP contribution in [-0.2, 0) is 11.3 Å². The topological polar surface area (TPSA) is 84.3 Å². The fourth-order valence-corrected chi connectivity index (χ4v) is 4.00. The molecular formula is C18H30N6O2. The molecule has 1 aromatic heterocycles. The molecule has 0 spiro atoms. The van der Waals surface area contributed by atoms with Crippen LogP contribution >= 0.6 is 0 Å². The van der Waals surface area contributed by atoms with Gasteiger partial charge < -0.3 is 15.4 Å². The van der Waals surface area contributed by atoms with Crippen LogP contribution in [0.5, 0.6) is 0 Å². The van der Waals surface area contributed by atoms with Gasteiger partial charge in [-0.25, -0.2) is 0 Å². The first-order chi connectivity index (χ1) is 12.7. The molecule has 8 heteroatoms. The van der Waals surface area contributed by atoms with Gasteiger partial charge in [0.05, 0.1) is 19.4 Å². The van der Waals surface area contributed by atoms with Crippen molar-refractivity contribution in [2.24, 2.45) is 11.3 Å². The number of hydrogen-bond acceptors (Lipinski definition) is 6. The maximum Gasteiger partial charge on any atom is 0.273 e. The number of morpholine rings is 1. The van der Waals surface area contributed by atoms with E-state index in [2.05, 4.69) is 25.8 Å². The summed E-state index contributed by atoms with van der Waals surface area (Å²) in [6.07, 6.45) is 6.57. The van der Waals surface area contributed by atoms with Crippen molar-refractivity contribution in [3.8, 4) is 0 Å². The Labute approximate surface area is 154 Å². The van der Waals surface area contributed by atoms with E-state index in [4.69, 9.17) is 4.74 Å². The SMILES string of the molecule is O=C(NCC1(CN2CCOCC2)CC1)c1cn(C[C@@H]2CCCNC2)nn1. The van der Waals surface area contributed by atoms with Crippen molar-refractivity contribution in [2.75, 3.05) is 52.5 Å². The fourth-order valence-electron chi connectivity index (χ4n) is 4.00. The predicted molar refractivity (Wildman–Crippen MR) is 96.9 cm³/mol. The number of rotatable bonds is 7. The molecule has 1 amide bonds. The van der Waals surface area contributed by atoms with Crippen molar-refractivity contribution in [3.63, 3.8) is 0 Å². The molecule has 0 unspecified atom stereocenters. The van der Waals surface area contributed by atoms with Crippen molar-refractivity contribution in [3.05, 3.63) is 11.9 Å². The summed E-state index contributed by atoms with van der Waals surface area (Å²) < 4.78 is 7.23. The highest BCUT2D eigenvalue weighted by Crippen LogP contribution is 2.45. The van der Waals surface area contributed by atoms with Gasteiger partial charge in [-0.05, 0) is 44.7 Å². The summed E-state index contributed by atoms with van der Waals surface area (Å²) in [6, 6.07) is 0. The van der Waals surface area contributed by atoms with E-state index in [1.165, 1.54) is 25.7 Å². The summed E-state index contributed by atoms with van der Waals surface area (Å²) in [4.78, 5) is 14.9. The third kappa shape index (κ3) is 4.61. The molecule has 0 aromatic carbocycles. The van der Waals surface area contributed by atoms with E-state index in [1.807, 2.05) is 4.68 Å². The molecule has 1 aliphatic carbocycles. The summed E-state index contributed by atoms with van der Waals surface area (Å²) in [7, 11) is 0. The standard InChI is InChI=1S/C18H30N6O2/c25-17(16-12-24(22-21-16)11-15-2-1-5-19-10-15)20-13-18(3-4-18)14-23-6-8-26-9-7-23/h12,15,19H,1-11,13-14H2,(H,20,25)/t15-/m1/s1. The number of piperidine rings is 1. The quantitative estimate of drug-likeness (QED) is 0.717. The second-order valence-electron chi connectivity index (χ2n) is 8.11. The summed E-state index contributed by atoms with van der Waals surface area (Å²) in [5.41, 5.74) is 0.674. The fraction of sp³-hybridized carbons (Fsp3) is 0.833. The lowest BCUT2D eigenvalue weighted by atomic mass is 10.00. The van der Waals surface area contributed by atoms with Crippen LogP contribution in [0, 0.1) is 11.3 Å². The average Bonchev–Trinajstić information content (AvgIpc) is 3.28. The Morgan fingerprint density at radius 2 is 2.23 bits per heavy atom. The Balaban J connectivity index is 1.24. The van der Waals surface area contributed by atoms with Gasteiger partial charge in [-0.2, -0.15) is 0 Å². The van der Waals surface area contributed by atoms with Gasteiger partial charge in [0.1, 0.15) is 0 Å².